The summed E-state index contributed by atoms with van der Waals surface area (Å²) >= 11 is 0. The van der Waals surface area contributed by atoms with Crippen LogP contribution in [-0.4, -0.2) is 17.3 Å². The zero-order valence-electron chi connectivity index (χ0n) is 10.4. The maximum absolute atomic E-state index is 12.5. The standard InChI is InChI=1S/C16H13NO2/c18-16-12-5-1-3-7-14(12)17(9-11-10-19-11)15-8-4-2-6-13(15)16/h1-8,11H,9-10H2/t11-/m0/s1. The van der Waals surface area contributed by atoms with Crippen molar-refractivity contribution in [1.29, 1.82) is 0 Å². The average molecular weight is 251 g/mol. The third kappa shape index (κ3) is 1.66. The Morgan fingerprint density at radius 3 is 2.05 bits per heavy atom. The predicted molar refractivity (Wildman–Crippen MR) is 75.5 cm³/mol. The van der Waals surface area contributed by atoms with Crippen LogP contribution in [0.4, 0.5) is 0 Å². The summed E-state index contributed by atoms with van der Waals surface area (Å²) in [6.07, 6.45) is 0.286. The van der Waals surface area contributed by atoms with E-state index >= 15 is 0 Å². The van der Waals surface area contributed by atoms with Gasteiger partial charge in [0.2, 0.25) is 0 Å². The van der Waals surface area contributed by atoms with Gasteiger partial charge in [0.1, 0.15) is 0 Å². The molecule has 3 aromatic rings. The molecule has 0 N–H and O–H groups in total. The molecule has 0 unspecified atom stereocenters. The van der Waals surface area contributed by atoms with Gasteiger partial charge in [-0.05, 0) is 24.3 Å². The van der Waals surface area contributed by atoms with E-state index in [1.54, 1.807) is 0 Å². The average Bonchev–Trinajstić information content (AvgIpc) is 3.28. The number of ether oxygens (including phenoxy) is 1. The van der Waals surface area contributed by atoms with E-state index < -0.39 is 0 Å². The number of hydrogen-bond acceptors (Lipinski definition) is 2. The second kappa shape index (κ2) is 3.93. The summed E-state index contributed by atoms with van der Waals surface area (Å²) in [5, 5.41) is 1.56. The van der Waals surface area contributed by atoms with Crippen molar-refractivity contribution in [1.82, 2.24) is 4.57 Å². The lowest BCUT2D eigenvalue weighted by atomic mass is 10.1. The van der Waals surface area contributed by atoms with Crippen LogP contribution >= 0.6 is 0 Å². The molecule has 0 amide bonds. The molecule has 0 spiro atoms. The second-order valence-corrected chi connectivity index (χ2v) is 4.93. The van der Waals surface area contributed by atoms with Crippen LogP contribution in [0.15, 0.2) is 53.3 Å². The molecule has 4 rings (SSSR count). The van der Waals surface area contributed by atoms with Gasteiger partial charge >= 0.3 is 0 Å². The van der Waals surface area contributed by atoms with Crippen molar-refractivity contribution in [3.8, 4) is 0 Å². The molecule has 2 heterocycles. The van der Waals surface area contributed by atoms with E-state index in [-0.39, 0.29) is 11.5 Å². The minimum Gasteiger partial charge on any atom is -0.371 e. The molecule has 19 heavy (non-hydrogen) atoms. The molecule has 3 heteroatoms. The van der Waals surface area contributed by atoms with Gasteiger partial charge in [0.25, 0.3) is 0 Å². The Balaban J connectivity index is 2.18. The fraction of sp³-hybridized carbons (Fsp3) is 0.188. The van der Waals surface area contributed by atoms with Gasteiger partial charge < -0.3 is 9.30 Å². The highest BCUT2D eigenvalue weighted by molar-refractivity contribution is 5.93. The minimum atomic E-state index is 0.110. The van der Waals surface area contributed by atoms with E-state index in [2.05, 4.69) is 4.57 Å². The van der Waals surface area contributed by atoms with Crippen molar-refractivity contribution >= 4 is 21.8 Å². The molecule has 0 radical (unpaired) electrons. The summed E-state index contributed by atoms with van der Waals surface area (Å²) in [5.41, 5.74) is 2.09. The Morgan fingerprint density at radius 1 is 1.00 bits per heavy atom. The monoisotopic (exact) mass is 251 g/mol. The van der Waals surface area contributed by atoms with Crippen molar-refractivity contribution in [2.24, 2.45) is 0 Å². The van der Waals surface area contributed by atoms with Gasteiger partial charge in [-0.2, -0.15) is 0 Å². The number of pyridine rings is 1. The Morgan fingerprint density at radius 2 is 1.53 bits per heavy atom. The molecule has 0 aliphatic carbocycles. The van der Waals surface area contributed by atoms with Gasteiger partial charge in [-0.15, -0.1) is 0 Å². The smallest absolute Gasteiger partial charge is 0.197 e. The van der Waals surface area contributed by atoms with Crippen LogP contribution in [0.2, 0.25) is 0 Å². The number of hydrogen-bond donors (Lipinski definition) is 0. The van der Waals surface area contributed by atoms with E-state index in [1.165, 1.54) is 0 Å². The highest BCUT2D eigenvalue weighted by Crippen LogP contribution is 2.22. The first-order valence-corrected chi connectivity index (χ1v) is 6.46. The van der Waals surface area contributed by atoms with Crippen LogP contribution in [0.3, 0.4) is 0 Å². The van der Waals surface area contributed by atoms with Gasteiger partial charge in [-0.25, -0.2) is 0 Å². The number of fused-ring (bicyclic) bond motifs is 2. The fourth-order valence-corrected chi connectivity index (χ4v) is 2.65. The molecule has 1 aromatic heterocycles. The lowest BCUT2D eigenvalue weighted by Crippen LogP contribution is -2.13. The zero-order chi connectivity index (χ0) is 12.8. The number of benzene rings is 2. The van der Waals surface area contributed by atoms with Crippen LogP contribution in [-0.2, 0) is 11.3 Å². The first-order chi connectivity index (χ1) is 9.34. The molecule has 1 atom stereocenters. The Kier molecular flexibility index (Phi) is 2.23. The maximum atomic E-state index is 12.5. The zero-order valence-corrected chi connectivity index (χ0v) is 10.4. The third-order valence-electron chi connectivity index (χ3n) is 3.67. The van der Waals surface area contributed by atoms with Gasteiger partial charge in [-0.3, -0.25) is 4.79 Å². The van der Waals surface area contributed by atoms with E-state index in [9.17, 15) is 4.79 Å². The van der Waals surface area contributed by atoms with Crippen LogP contribution in [0.1, 0.15) is 0 Å². The lowest BCUT2D eigenvalue weighted by molar-refractivity contribution is 0.387. The van der Waals surface area contributed by atoms with E-state index in [0.29, 0.717) is 0 Å². The predicted octanol–water partition coefficient (Wildman–Crippen LogP) is 2.55. The molecule has 1 saturated heterocycles. The summed E-state index contributed by atoms with van der Waals surface area (Å²) in [4.78, 5) is 12.5. The lowest BCUT2D eigenvalue weighted by Gasteiger charge is -2.13. The highest BCUT2D eigenvalue weighted by atomic mass is 16.6. The number of rotatable bonds is 2. The molecule has 1 aliphatic rings. The normalized spacial score (nSPS) is 18.0. The fourth-order valence-electron chi connectivity index (χ4n) is 2.65. The number of aromatic nitrogens is 1. The first kappa shape index (κ1) is 10.8. The summed E-state index contributed by atoms with van der Waals surface area (Å²) < 4.78 is 7.54. The largest absolute Gasteiger partial charge is 0.371 e. The Bertz CT molecular complexity index is 771. The van der Waals surface area contributed by atoms with Crippen molar-refractivity contribution in [2.45, 2.75) is 12.6 Å². The van der Waals surface area contributed by atoms with Gasteiger partial charge in [-0.1, -0.05) is 24.3 Å². The van der Waals surface area contributed by atoms with Crippen LogP contribution in [0, 0.1) is 0 Å². The molecule has 3 nitrogen and oxygen atoms in total. The minimum absolute atomic E-state index is 0.110. The van der Waals surface area contributed by atoms with Crippen LogP contribution in [0.25, 0.3) is 21.8 Å². The van der Waals surface area contributed by atoms with E-state index in [1.807, 2.05) is 48.5 Å². The summed E-state index contributed by atoms with van der Waals surface area (Å²) in [6, 6.07) is 15.6. The number of para-hydroxylation sites is 2. The Hall–Kier alpha value is -2.13. The van der Waals surface area contributed by atoms with Crippen molar-refractivity contribution in [3.05, 3.63) is 58.8 Å². The molecular weight excluding hydrogens is 238 g/mol. The van der Waals surface area contributed by atoms with Crippen molar-refractivity contribution in [2.75, 3.05) is 6.61 Å². The third-order valence-corrected chi connectivity index (χ3v) is 3.67. The quantitative estimate of drug-likeness (QED) is 0.518. The molecule has 1 aliphatic heterocycles. The molecule has 1 fully saturated rings. The highest BCUT2D eigenvalue weighted by Gasteiger charge is 2.24. The molecule has 94 valence electrons. The van der Waals surface area contributed by atoms with Crippen molar-refractivity contribution < 1.29 is 4.74 Å². The summed E-state index contributed by atoms with van der Waals surface area (Å²) in [6.45, 7) is 1.62. The summed E-state index contributed by atoms with van der Waals surface area (Å²) in [5.74, 6) is 0. The first-order valence-electron chi connectivity index (χ1n) is 6.46. The molecule has 0 saturated carbocycles. The van der Waals surface area contributed by atoms with Crippen LogP contribution in [0.5, 0.6) is 0 Å². The van der Waals surface area contributed by atoms with E-state index in [4.69, 9.17) is 4.74 Å². The molecule has 2 aromatic carbocycles. The molecule has 0 bridgehead atoms. The van der Waals surface area contributed by atoms with Crippen LogP contribution < -0.4 is 5.43 Å². The second-order valence-electron chi connectivity index (χ2n) is 4.93. The van der Waals surface area contributed by atoms with Crippen molar-refractivity contribution in [3.63, 3.8) is 0 Å². The van der Waals surface area contributed by atoms with Gasteiger partial charge in [0.15, 0.2) is 5.43 Å². The molecular formula is C16H13NO2. The number of nitrogens with zero attached hydrogens (tertiary/aromatic N) is 1. The number of epoxide rings is 1. The van der Waals surface area contributed by atoms with E-state index in [0.717, 1.165) is 35.0 Å². The topological polar surface area (TPSA) is 34.5 Å². The summed E-state index contributed by atoms with van der Waals surface area (Å²) in [7, 11) is 0. The van der Waals surface area contributed by atoms with Gasteiger partial charge in [0.05, 0.1) is 30.3 Å². The van der Waals surface area contributed by atoms with Gasteiger partial charge in [0, 0.05) is 10.8 Å². The Labute approximate surface area is 110 Å². The SMILES string of the molecule is O=c1c2ccccc2n(C[C@H]2CO2)c2ccccc12. The maximum Gasteiger partial charge on any atom is 0.197 e.